The molecule has 2 amide bonds. The minimum atomic E-state index is -0.184. The molecule has 1 fully saturated rings. The highest BCUT2D eigenvalue weighted by Crippen LogP contribution is 2.44. The number of hydrogen-bond donors (Lipinski definition) is 2. The molecule has 0 aliphatic carbocycles. The van der Waals surface area contributed by atoms with Gasteiger partial charge in [0.2, 0.25) is 0 Å². The Hall–Kier alpha value is -2.73. The molecule has 164 valence electrons. The van der Waals surface area contributed by atoms with Crippen LogP contribution in [0.1, 0.15) is 11.1 Å². The van der Waals surface area contributed by atoms with Gasteiger partial charge in [-0.1, -0.05) is 53.5 Å². The van der Waals surface area contributed by atoms with Crippen molar-refractivity contribution in [1.82, 2.24) is 10.6 Å². The summed E-state index contributed by atoms with van der Waals surface area (Å²) in [5.41, 5.74) is 6.56. The van der Waals surface area contributed by atoms with Gasteiger partial charge in [0.05, 0.1) is 16.4 Å². The lowest BCUT2D eigenvalue weighted by molar-refractivity contribution is 0.247. The average molecular weight is 467 g/mol. The summed E-state index contributed by atoms with van der Waals surface area (Å²) in [5, 5.41) is 7.66. The van der Waals surface area contributed by atoms with Gasteiger partial charge in [0, 0.05) is 54.6 Å². The van der Waals surface area contributed by atoms with Crippen LogP contribution in [0, 0.1) is 6.92 Å². The van der Waals surface area contributed by atoms with E-state index in [4.69, 9.17) is 23.2 Å². The Morgan fingerprint density at radius 3 is 2.41 bits per heavy atom. The number of halogens is 2. The molecule has 5 rings (SSSR count). The molecule has 1 saturated heterocycles. The Morgan fingerprint density at radius 2 is 1.66 bits per heavy atom. The summed E-state index contributed by atoms with van der Waals surface area (Å²) in [6.45, 7) is 6.04. The molecule has 2 heterocycles. The lowest BCUT2D eigenvalue weighted by atomic mass is 9.94. The topological polar surface area (TPSA) is 47.6 Å². The first kappa shape index (κ1) is 21.1. The third-order valence-electron chi connectivity index (χ3n) is 6.13. The zero-order valence-electron chi connectivity index (χ0n) is 17.8. The van der Waals surface area contributed by atoms with Crippen LogP contribution in [-0.4, -0.2) is 32.2 Å². The quantitative estimate of drug-likeness (QED) is 0.517. The fraction of sp³-hybridized carbons (Fsp3) is 0.240. The first-order chi connectivity index (χ1) is 15.5. The fourth-order valence-corrected chi connectivity index (χ4v) is 5.08. The second-order valence-electron chi connectivity index (χ2n) is 8.11. The van der Waals surface area contributed by atoms with Crippen LogP contribution in [0.3, 0.4) is 0 Å². The van der Waals surface area contributed by atoms with Crippen LogP contribution in [0.2, 0.25) is 10.0 Å². The smallest absolute Gasteiger partial charge is 0.326 e. The third-order valence-corrected chi connectivity index (χ3v) is 6.76. The Bertz CT molecular complexity index is 1170. The predicted molar refractivity (Wildman–Crippen MR) is 133 cm³/mol. The van der Waals surface area contributed by atoms with Crippen LogP contribution in [0.15, 0.2) is 54.6 Å². The normalized spacial score (nSPS) is 16.0. The lowest BCUT2D eigenvalue weighted by Gasteiger charge is -2.36. The van der Waals surface area contributed by atoms with Crippen LogP contribution in [0.4, 0.5) is 21.9 Å². The van der Waals surface area contributed by atoms with Crippen LogP contribution >= 0.6 is 23.2 Å². The van der Waals surface area contributed by atoms with Crippen molar-refractivity contribution in [1.29, 1.82) is 0 Å². The number of urea groups is 1. The van der Waals surface area contributed by atoms with E-state index in [9.17, 15) is 4.79 Å². The predicted octanol–water partition coefficient (Wildman–Crippen LogP) is 5.74. The Labute approximate surface area is 197 Å². The molecule has 0 spiro atoms. The van der Waals surface area contributed by atoms with E-state index < -0.39 is 0 Å². The maximum Gasteiger partial charge on any atom is 0.326 e. The zero-order valence-corrected chi connectivity index (χ0v) is 19.3. The van der Waals surface area contributed by atoms with Gasteiger partial charge < -0.3 is 15.5 Å². The van der Waals surface area contributed by atoms with E-state index in [1.165, 1.54) is 0 Å². The van der Waals surface area contributed by atoms with Gasteiger partial charge in [0.25, 0.3) is 0 Å². The number of rotatable bonds is 3. The van der Waals surface area contributed by atoms with E-state index in [2.05, 4.69) is 27.7 Å². The molecular weight excluding hydrogens is 443 g/mol. The molecular formula is C25H24Cl2N4O. The van der Waals surface area contributed by atoms with Gasteiger partial charge in [0.15, 0.2) is 0 Å². The molecule has 7 heteroatoms. The minimum absolute atomic E-state index is 0.184. The minimum Gasteiger partial charge on any atom is -0.369 e. The largest absolute Gasteiger partial charge is 0.369 e. The fourth-order valence-electron chi connectivity index (χ4n) is 4.53. The van der Waals surface area contributed by atoms with E-state index in [0.717, 1.165) is 59.8 Å². The van der Waals surface area contributed by atoms with Crippen molar-refractivity contribution < 1.29 is 4.79 Å². The summed E-state index contributed by atoms with van der Waals surface area (Å²) in [6, 6.07) is 17.7. The number of para-hydroxylation sites is 1. The number of anilines is 3. The van der Waals surface area contributed by atoms with Crippen molar-refractivity contribution in [2.45, 2.75) is 13.5 Å². The molecule has 2 N–H and O–H groups in total. The van der Waals surface area contributed by atoms with E-state index in [0.29, 0.717) is 22.3 Å². The highest BCUT2D eigenvalue weighted by atomic mass is 35.5. The zero-order chi connectivity index (χ0) is 22.2. The lowest BCUT2D eigenvalue weighted by Crippen LogP contribution is -2.44. The molecule has 2 aliphatic rings. The van der Waals surface area contributed by atoms with Gasteiger partial charge in [-0.05, 0) is 42.3 Å². The summed E-state index contributed by atoms with van der Waals surface area (Å²) in [6.07, 6.45) is 0. The van der Waals surface area contributed by atoms with Crippen molar-refractivity contribution >= 4 is 46.3 Å². The van der Waals surface area contributed by atoms with Gasteiger partial charge >= 0.3 is 6.03 Å². The molecule has 0 unspecified atom stereocenters. The van der Waals surface area contributed by atoms with E-state index in [1.807, 2.05) is 49.4 Å². The Morgan fingerprint density at radius 1 is 0.906 bits per heavy atom. The van der Waals surface area contributed by atoms with Crippen LogP contribution in [0.5, 0.6) is 0 Å². The van der Waals surface area contributed by atoms with Gasteiger partial charge in [-0.2, -0.15) is 0 Å². The maximum atomic E-state index is 13.2. The number of benzene rings is 3. The van der Waals surface area contributed by atoms with E-state index in [-0.39, 0.29) is 6.03 Å². The summed E-state index contributed by atoms with van der Waals surface area (Å²) >= 11 is 13.2. The number of nitrogens with zero attached hydrogens (tertiary/aromatic N) is 2. The van der Waals surface area contributed by atoms with Crippen LogP contribution < -0.4 is 20.4 Å². The summed E-state index contributed by atoms with van der Waals surface area (Å²) < 4.78 is 0. The molecule has 0 saturated carbocycles. The summed E-state index contributed by atoms with van der Waals surface area (Å²) in [7, 11) is 0. The Balaban J connectivity index is 1.76. The second-order valence-corrected chi connectivity index (χ2v) is 8.92. The number of carbonyl (C=O) groups excluding carboxylic acids is 1. The number of nitrogens with one attached hydrogen (secondary N) is 2. The molecule has 3 aromatic carbocycles. The standard InChI is InChI=1S/C25H24Cl2N4O/c1-16-5-4-8-22(27)24(16)31-23-14-17(30-11-9-28-10-12-30)13-19(20(23)15-29-25(31)32)18-6-2-3-7-21(18)26/h2-8,13-14,28H,9-12,15H2,1H3,(H,29,32). The van der Waals surface area contributed by atoms with Crippen molar-refractivity contribution in [3.63, 3.8) is 0 Å². The highest BCUT2D eigenvalue weighted by molar-refractivity contribution is 6.34. The van der Waals surface area contributed by atoms with Gasteiger partial charge in [-0.25, -0.2) is 4.79 Å². The van der Waals surface area contributed by atoms with Crippen LogP contribution in [-0.2, 0) is 6.54 Å². The van der Waals surface area contributed by atoms with E-state index >= 15 is 0 Å². The molecule has 0 atom stereocenters. The molecule has 3 aromatic rings. The number of aryl methyl sites for hydroxylation is 1. The number of hydrogen-bond acceptors (Lipinski definition) is 3. The first-order valence-electron chi connectivity index (χ1n) is 10.7. The molecule has 0 radical (unpaired) electrons. The molecule has 2 aliphatic heterocycles. The third kappa shape index (κ3) is 3.71. The molecule has 32 heavy (non-hydrogen) atoms. The van der Waals surface area contributed by atoms with E-state index in [1.54, 1.807) is 4.90 Å². The van der Waals surface area contributed by atoms with Gasteiger partial charge in [-0.3, -0.25) is 4.90 Å². The molecule has 0 aromatic heterocycles. The van der Waals surface area contributed by atoms with Gasteiger partial charge in [0.1, 0.15) is 0 Å². The van der Waals surface area contributed by atoms with Gasteiger partial charge in [-0.15, -0.1) is 0 Å². The monoisotopic (exact) mass is 466 g/mol. The number of piperazine rings is 1. The van der Waals surface area contributed by atoms with Crippen molar-refractivity contribution in [3.8, 4) is 11.1 Å². The second kappa shape index (κ2) is 8.66. The summed E-state index contributed by atoms with van der Waals surface area (Å²) in [5.74, 6) is 0. The number of carbonyl (C=O) groups is 1. The maximum absolute atomic E-state index is 13.2. The number of amides is 2. The summed E-state index contributed by atoms with van der Waals surface area (Å²) in [4.78, 5) is 17.2. The Kier molecular flexibility index (Phi) is 5.72. The van der Waals surface area contributed by atoms with Crippen molar-refractivity contribution in [2.75, 3.05) is 36.0 Å². The molecule has 0 bridgehead atoms. The average Bonchev–Trinajstić information content (AvgIpc) is 2.80. The molecule has 5 nitrogen and oxygen atoms in total. The van der Waals surface area contributed by atoms with Crippen molar-refractivity contribution in [3.05, 3.63) is 75.8 Å². The SMILES string of the molecule is Cc1cccc(Cl)c1N1C(=O)NCc2c(-c3ccccc3Cl)cc(N3CCNCC3)cc21. The first-order valence-corrected chi connectivity index (χ1v) is 11.5. The highest BCUT2D eigenvalue weighted by Gasteiger charge is 2.31. The number of fused-ring (bicyclic) bond motifs is 1. The van der Waals surface area contributed by atoms with Crippen LogP contribution in [0.25, 0.3) is 11.1 Å². The van der Waals surface area contributed by atoms with Crippen molar-refractivity contribution in [2.24, 2.45) is 0 Å².